The van der Waals surface area contributed by atoms with Gasteiger partial charge in [0, 0.05) is 12.5 Å². The number of aromatic nitrogens is 4. The molecule has 0 radical (unpaired) electrons. The van der Waals surface area contributed by atoms with E-state index in [0.29, 0.717) is 24.1 Å². The highest BCUT2D eigenvalue weighted by molar-refractivity contribution is 5.84. The minimum Gasteiger partial charge on any atom is -0.480 e. The van der Waals surface area contributed by atoms with Crippen molar-refractivity contribution in [2.75, 3.05) is 14.2 Å². The van der Waals surface area contributed by atoms with Gasteiger partial charge in [-0.2, -0.15) is 5.10 Å². The van der Waals surface area contributed by atoms with E-state index in [-0.39, 0.29) is 0 Å². The van der Waals surface area contributed by atoms with Crippen molar-refractivity contribution in [2.24, 2.45) is 0 Å². The lowest BCUT2D eigenvalue weighted by Gasteiger charge is -2.06. The molecule has 0 aliphatic carbocycles. The Kier molecular flexibility index (Phi) is 3.30. The molecule has 20 heavy (non-hydrogen) atoms. The maximum absolute atomic E-state index is 5.34. The van der Waals surface area contributed by atoms with Gasteiger partial charge >= 0.3 is 0 Å². The molecule has 0 spiro atoms. The Labute approximate surface area is 115 Å². The van der Waals surface area contributed by atoms with Gasteiger partial charge in [-0.05, 0) is 12.1 Å². The number of fused-ring (bicyclic) bond motifs is 1. The molecule has 0 saturated heterocycles. The zero-order chi connectivity index (χ0) is 13.9. The van der Waals surface area contributed by atoms with Crippen molar-refractivity contribution in [3.63, 3.8) is 0 Å². The van der Waals surface area contributed by atoms with Gasteiger partial charge in [0.15, 0.2) is 11.6 Å². The molecule has 6 heteroatoms. The van der Waals surface area contributed by atoms with Crippen molar-refractivity contribution in [3.05, 3.63) is 36.2 Å². The summed E-state index contributed by atoms with van der Waals surface area (Å²) in [6.07, 6.45) is 0. The van der Waals surface area contributed by atoms with E-state index in [1.165, 1.54) is 0 Å². The summed E-state index contributed by atoms with van der Waals surface area (Å²) < 4.78 is 10.4. The topological polar surface area (TPSA) is 72.9 Å². The standard InChI is InChI=1S/C14H14N4O2/c1-19-8-12-16-13(18-17-12)10-7-9-5-3-4-6-11(9)15-14(10)20-2/h3-7H,8H2,1-2H3,(H,16,17,18). The Morgan fingerprint density at radius 1 is 1.15 bits per heavy atom. The quantitative estimate of drug-likeness (QED) is 0.786. The first-order valence-electron chi connectivity index (χ1n) is 6.16. The molecule has 0 amide bonds. The fourth-order valence-corrected chi connectivity index (χ4v) is 2.03. The number of hydrogen-bond acceptors (Lipinski definition) is 5. The third-order valence-electron chi connectivity index (χ3n) is 2.94. The average Bonchev–Trinajstić information content (AvgIpc) is 2.94. The molecular weight excluding hydrogens is 256 g/mol. The number of nitrogens with one attached hydrogen (secondary N) is 1. The van der Waals surface area contributed by atoms with Gasteiger partial charge in [0.05, 0.1) is 18.2 Å². The number of pyridine rings is 1. The van der Waals surface area contributed by atoms with Gasteiger partial charge in [-0.15, -0.1) is 0 Å². The van der Waals surface area contributed by atoms with E-state index in [1.807, 2.05) is 30.3 Å². The third kappa shape index (κ3) is 2.21. The summed E-state index contributed by atoms with van der Waals surface area (Å²) in [5.74, 6) is 1.72. The van der Waals surface area contributed by atoms with E-state index >= 15 is 0 Å². The van der Waals surface area contributed by atoms with Crippen LogP contribution in [0.5, 0.6) is 5.88 Å². The van der Waals surface area contributed by atoms with Crippen molar-refractivity contribution in [1.82, 2.24) is 20.2 Å². The van der Waals surface area contributed by atoms with Crippen LogP contribution in [0, 0.1) is 0 Å². The number of para-hydroxylation sites is 1. The minimum atomic E-state index is 0.385. The number of aromatic amines is 1. The smallest absolute Gasteiger partial charge is 0.225 e. The summed E-state index contributed by atoms with van der Waals surface area (Å²) in [6, 6.07) is 9.82. The molecule has 3 aromatic rings. The van der Waals surface area contributed by atoms with E-state index < -0.39 is 0 Å². The molecule has 0 fully saturated rings. The van der Waals surface area contributed by atoms with Crippen LogP contribution in [0.4, 0.5) is 0 Å². The molecule has 1 N–H and O–H groups in total. The Morgan fingerprint density at radius 3 is 2.80 bits per heavy atom. The predicted octanol–water partition coefficient (Wildman–Crippen LogP) is 2.17. The summed E-state index contributed by atoms with van der Waals surface area (Å²) in [4.78, 5) is 8.85. The Balaban J connectivity index is 2.12. The summed E-state index contributed by atoms with van der Waals surface area (Å²) in [7, 11) is 3.20. The molecule has 0 unspecified atom stereocenters. The van der Waals surface area contributed by atoms with Crippen molar-refractivity contribution in [1.29, 1.82) is 0 Å². The average molecular weight is 270 g/mol. The van der Waals surface area contributed by atoms with Crippen molar-refractivity contribution < 1.29 is 9.47 Å². The second-order valence-electron chi connectivity index (χ2n) is 4.28. The number of hydrogen-bond donors (Lipinski definition) is 1. The highest BCUT2D eigenvalue weighted by Crippen LogP contribution is 2.29. The van der Waals surface area contributed by atoms with Crippen LogP contribution < -0.4 is 4.74 Å². The summed E-state index contributed by atoms with van der Waals surface area (Å²) in [5.41, 5.74) is 1.63. The predicted molar refractivity (Wildman–Crippen MR) is 74.4 cm³/mol. The van der Waals surface area contributed by atoms with E-state index in [2.05, 4.69) is 20.2 Å². The van der Waals surface area contributed by atoms with Crippen LogP contribution in [-0.4, -0.2) is 34.4 Å². The van der Waals surface area contributed by atoms with Crippen molar-refractivity contribution in [2.45, 2.75) is 6.61 Å². The van der Waals surface area contributed by atoms with Crippen molar-refractivity contribution in [3.8, 4) is 17.3 Å². The van der Waals surface area contributed by atoms with E-state index in [9.17, 15) is 0 Å². The number of methoxy groups -OCH3 is 2. The van der Waals surface area contributed by atoms with Crippen LogP contribution >= 0.6 is 0 Å². The second kappa shape index (κ2) is 5.26. The molecule has 2 aromatic heterocycles. The largest absolute Gasteiger partial charge is 0.480 e. The van der Waals surface area contributed by atoms with Gasteiger partial charge in [0.2, 0.25) is 5.88 Å². The van der Waals surface area contributed by atoms with Crippen LogP contribution in [-0.2, 0) is 11.3 Å². The first kappa shape index (κ1) is 12.6. The molecule has 0 aliphatic rings. The normalized spacial score (nSPS) is 10.9. The summed E-state index contributed by atoms with van der Waals surface area (Å²) in [6.45, 7) is 0.385. The van der Waals surface area contributed by atoms with Crippen LogP contribution in [0.2, 0.25) is 0 Å². The number of nitrogens with zero attached hydrogens (tertiary/aromatic N) is 3. The molecule has 3 rings (SSSR count). The van der Waals surface area contributed by atoms with Crippen LogP contribution in [0.1, 0.15) is 5.82 Å². The van der Waals surface area contributed by atoms with Gasteiger partial charge in [0.1, 0.15) is 6.61 Å². The van der Waals surface area contributed by atoms with Gasteiger partial charge < -0.3 is 9.47 Å². The maximum Gasteiger partial charge on any atom is 0.225 e. The number of benzene rings is 1. The molecule has 0 aliphatic heterocycles. The monoisotopic (exact) mass is 270 g/mol. The molecule has 6 nitrogen and oxygen atoms in total. The molecule has 1 aromatic carbocycles. The van der Waals surface area contributed by atoms with Gasteiger partial charge in [-0.1, -0.05) is 18.2 Å². The SMILES string of the molecule is COCc1nc(-c2cc3ccccc3nc2OC)n[nH]1. The summed E-state index contributed by atoms with van der Waals surface area (Å²) in [5, 5.41) is 8.03. The molecule has 0 atom stereocenters. The lowest BCUT2D eigenvalue weighted by molar-refractivity contribution is 0.178. The Morgan fingerprint density at radius 2 is 2.00 bits per heavy atom. The molecule has 0 saturated carbocycles. The van der Waals surface area contributed by atoms with Gasteiger partial charge in [0.25, 0.3) is 0 Å². The van der Waals surface area contributed by atoms with Gasteiger partial charge in [-0.3, -0.25) is 5.10 Å². The lowest BCUT2D eigenvalue weighted by atomic mass is 10.1. The molecule has 0 bridgehead atoms. The fraction of sp³-hybridized carbons (Fsp3) is 0.214. The first-order valence-corrected chi connectivity index (χ1v) is 6.16. The van der Waals surface area contributed by atoms with Crippen molar-refractivity contribution >= 4 is 10.9 Å². The van der Waals surface area contributed by atoms with Crippen LogP contribution in [0.3, 0.4) is 0 Å². The fourth-order valence-electron chi connectivity index (χ4n) is 2.03. The van der Waals surface area contributed by atoms with Gasteiger partial charge in [-0.25, -0.2) is 9.97 Å². The summed E-state index contributed by atoms with van der Waals surface area (Å²) >= 11 is 0. The van der Waals surface area contributed by atoms with Crippen LogP contribution in [0.15, 0.2) is 30.3 Å². The molecule has 2 heterocycles. The number of H-pyrrole nitrogens is 1. The zero-order valence-corrected chi connectivity index (χ0v) is 11.3. The Hall–Kier alpha value is -2.47. The number of rotatable bonds is 4. The Bertz CT molecular complexity index is 739. The zero-order valence-electron chi connectivity index (χ0n) is 11.3. The van der Waals surface area contributed by atoms with E-state index in [1.54, 1.807) is 14.2 Å². The lowest BCUT2D eigenvalue weighted by Crippen LogP contribution is -1.94. The third-order valence-corrected chi connectivity index (χ3v) is 2.94. The first-order chi connectivity index (χ1) is 9.81. The second-order valence-corrected chi connectivity index (χ2v) is 4.28. The molecule has 102 valence electrons. The highest BCUT2D eigenvalue weighted by atomic mass is 16.5. The maximum atomic E-state index is 5.34. The van der Waals surface area contributed by atoms with E-state index in [0.717, 1.165) is 16.5 Å². The molecular formula is C14H14N4O2. The van der Waals surface area contributed by atoms with E-state index in [4.69, 9.17) is 9.47 Å². The highest BCUT2D eigenvalue weighted by Gasteiger charge is 2.14. The minimum absolute atomic E-state index is 0.385. The number of ether oxygens (including phenoxy) is 2. The van der Waals surface area contributed by atoms with Crippen LogP contribution in [0.25, 0.3) is 22.3 Å².